The highest BCUT2D eigenvalue weighted by molar-refractivity contribution is 5.91. The van der Waals surface area contributed by atoms with Gasteiger partial charge in [0.25, 0.3) is 5.91 Å². The van der Waals surface area contributed by atoms with Crippen LogP contribution in [0.15, 0.2) is 42.5 Å². The van der Waals surface area contributed by atoms with Gasteiger partial charge in [-0.3, -0.25) is 4.79 Å². The van der Waals surface area contributed by atoms with E-state index >= 15 is 0 Å². The zero-order chi connectivity index (χ0) is 15.4. The Bertz CT molecular complexity index is 671. The predicted octanol–water partition coefficient (Wildman–Crippen LogP) is 3.20. The number of halogens is 1. The third-order valence-electron chi connectivity index (χ3n) is 3.52. The van der Waals surface area contributed by atoms with Crippen molar-refractivity contribution in [3.63, 3.8) is 0 Å². The first-order chi connectivity index (χ1) is 10.7. The summed E-state index contributed by atoms with van der Waals surface area (Å²) in [5.41, 5.74) is 2.73. The lowest BCUT2D eigenvalue weighted by molar-refractivity contribution is -0.118. The number of rotatable bonds is 4. The molecule has 1 aliphatic heterocycles. The van der Waals surface area contributed by atoms with Crippen LogP contribution in [0, 0.1) is 5.82 Å². The fourth-order valence-corrected chi connectivity index (χ4v) is 2.47. The second kappa shape index (κ2) is 6.47. The molecular formula is C17H17FN2O2. The van der Waals surface area contributed by atoms with E-state index in [1.807, 2.05) is 12.1 Å². The Morgan fingerprint density at radius 1 is 1.23 bits per heavy atom. The molecule has 22 heavy (non-hydrogen) atoms. The number of benzene rings is 2. The van der Waals surface area contributed by atoms with Crippen molar-refractivity contribution in [1.29, 1.82) is 0 Å². The number of carbonyl (C=O) groups excluding carboxylic acids is 1. The van der Waals surface area contributed by atoms with E-state index < -0.39 is 0 Å². The van der Waals surface area contributed by atoms with Crippen LogP contribution in [0.1, 0.15) is 12.0 Å². The molecule has 2 aromatic rings. The average Bonchev–Trinajstić information content (AvgIpc) is 2.55. The Morgan fingerprint density at radius 2 is 2.05 bits per heavy atom. The lowest BCUT2D eigenvalue weighted by Crippen LogP contribution is -2.21. The molecule has 0 spiro atoms. The molecule has 5 heteroatoms. The zero-order valence-corrected chi connectivity index (χ0v) is 12.1. The highest BCUT2D eigenvalue weighted by Crippen LogP contribution is 2.31. The molecule has 0 saturated heterocycles. The van der Waals surface area contributed by atoms with E-state index in [2.05, 4.69) is 16.7 Å². The molecule has 0 saturated carbocycles. The van der Waals surface area contributed by atoms with E-state index in [4.69, 9.17) is 4.74 Å². The highest BCUT2D eigenvalue weighted by Gasteiger charge is 2.14. The number of hydrogen-bond donors (Lipinski definition) is 2. The number of fused-ring (bicyclic) bond motifs is 1. The van der Waals surface area contributed by atoms with E-state index in [1.165, 1.54) is 29.8 Å². The van der Waals surface area contributed by atoms with Gasteiger partial charge < -0.3 is 15.4 Å². The van der Waals surface area contributed by atoms with E-state index in [-0.39, 0.29) is 18.3 Å². The molecule has 114 valence electrons. The van der Waals surface area contributed by atoms with Crippen molar-refractivity contribution in [3.8, 4) is 5.75 Å². The molecule has 3 rings (SSSR count). The Labute approximate surface area is 128 Å². The molecule has 0 atom stereocenters. The van der Waals surface area contributed by atoms with Crippen LogP contribution in [0.5, 0.6) is 5.75 Å². The van der Waals surface area contributed by atoms with Crippen molar-refractivity contribution < 1.29 is 13.9 Å². The molecule has 4 nitrogen and oxygen atoms in total. The van der Waals surface area contributed by atoms with Gasteiger partial charge in [-0.1, -0.05) is 12.1 Å². The van der Waals surface area contributed by atoms with Crippen molar-refractivity contribution in [3.05, 3.63) is 53.8 Å². The summed E-state index contributed by atoms with van der Waals surface area (Å²) >= 11 is 0. The summed E-state index contributed by atoms with van der Waals surface area (Å²) < 4.78 is 18.4. The monoisotopic (exact) mass is 300 g/mol. The average molecular weight is 300 g/mol. The van der Waals surface area contributed by atoms with E-state index in [9.17, 15) is 9.18 Å². The molecule has 2 N–H and O–H groups in total. The van der Waals surface area contributed by atoms with E-state index in [0.29, 0.717) is 11.4 Å². The number of anilines is 2. The number of carbonyl (C=O) groups is 1. The van der Waals surface area contributed by atoms with Crippen molar-refractivity contribution in [2.24, 2.45) is 0 Å². The van der Waals surface area contributed by atoms with Gasteiger partial charge in [-0.05, 0) is 48.7 Å². The van der Waals surface area contributed by atoms with Crippen LogP contribution in [0.4, 0.5) is 15.8 Å². The van der Waals surface area contributed by atoms with Gasteiger partial charge >= 0.3 is 0 Å². The highest BCUT2D eigenvalue weighted by atomic mass is 19.1. The minimum atomic E-state index is -0.337. The minimum absolute atomic E-state index is 0.0878. The summed E-state index contributed by atoms with van der Waals surface area (Å²) in [6.45, 7) is 0.824. The fourth-order valence-electron chi connectivity index (χ4n) is 2.47. The van der Waals surface area contributed by atoms with Gasteiger partial charge in [0.1, 0.15) is 11.6 Å². The largest absolute Gasteiger partial charge is 0.482 e. The van der Waals surface area contributed by atoms with Crippen molar-refractivity contribution in [2.75, 3.05) is 23.8 Å². The second-order valence-corrected chi connectivity index (χ2v) is 5.16. The van der Waals surface area contributed by atoms with Crippen LogP contribution in [-0.2, 0) is 11.2 Å². The number of aryl methyl sites for hydroxylation is 1. The van der Waals surface area contributed by atoms with Crippen LogP contribution < -0.4 is 15.4 Å². The van der Waals surface area contributed by atoms with Crippen LogP contribution in [-0.4, -0.2) is 19.1 Å². The first kappa shape index (κ1) is 14.4. The number of ether oxygens (including phenoxy) is 1. The van der Waals surface area contributed by atoms with Crippen molar-refractivity contribution >= 4 is 17.3 Å². The molecule has 0 radical (unpaired) electrons. The normalized spacial score (nSPS) is 13.0. The summed E-state index contributed by atoms with van der Waals surface area (Å²) in [7, 11) is 0. The Kier molecular flexibility index (Phi) is 4.23. The minimum Gasteiger partial charge on any atom is -0.482 e. The summed E-state index contributed by atoms with van der Waals surface area (Å²) in [5, 5.41) is 5.98. The Hall–Kier alpha value is -2.56. The molecule has 0 aliphatic carbocycles. The molecule has 0 aromatic heterocycles. The quantitative estimate of drug-likeness (QED) is 0.911. The summed E-state index contributed by atoms with van der Waals surface area (Å²) in [6.07, 6.45) is 2.11. The van der Waals surface area contributed by atoms with E-state index in [1.54, 1.807) is 0 Å². The zero-order valence-electron chi connectivity index (χ0n) is 12.1. The third kappa shape index (κ3) is 3.36. The predicted molar refractivity (Wildman–Crippen MR) is 83.8 cm³/mol. The topological polar surface area (TPSA) is 50.4 Å². The van der Waals surface area contributed by atoms with Gasteiger partial charge in [0, 0.05) is 12.2 Å². The van der Waals surface area contributed by atoms with Crippen LogP contribution in [0.3, 0.4) is 0 Å². The maximum atomic E-state index is 12.8. The molecule has 1 aliphatic rings. The number of para-hydroxylation sites is 1. The molecular weight excluding hydrogens is 283 g/mol. The van der Waals surface area contributed by atoms with Gasteiger partial charge in [0.2, 0.25) is 0 Å². The maximum absolute atomic E-state index is 12.8. The fraction of sp³-hybridized carbons (Fsp3) is 0.235. The lowest BCUT2D eigenvalue weighted by Gasteiger charge is -2.21. The third-order valence-corrected chi connectivity index (χ3v) is 3.52. The molecule has 0 unspecified atom stereocenters. The Balaban J connectivity index is 1.60. The first-order valence-corrected chi connectivity index (χ1v) is 7.26. The SMILES string of the molecule is O=C(COc1cccc2c1NCCC2)Nc1ccc(F)cc1. The number of hydrogen-bond acceptors (Lipinski definition) is 3. The van der Waals surface area contributed by atoms with Gasteiger partial charge in [-0.25, -0.2) is 4.39 Å². The Morgan fingerprint density at radius 3 is 2.86 bits per heavy atom. The van der Waals surface area contributed by atoms with E-state index in [0.717, 1.165) is 25.1 Å². The molecule has 0 fully saturated rings. The van der Waals surface area contributed by atoms with Crippen LogP contribution in [0.25, 0.3) is 0 Å². The second-order valence-electron chi connectivity index (χ2n) is 5.16. The van der Waals surface area contributed by atoms with Crippen LogP contribution >= 0.6 is 0 Å². The smallest absolute Gasteiger partial charge is 0.262 e. The maximum Gasteiger partial charge on any atom is 0.262 e. The number of nitrogens with one attached hydrogen (secondary N) is 2. The molecule has 2 aromatic carbocycles. The first-order valence-electron chi connectivity index (χ1n) is 7.26. The summed E-state index contributed by atoms with van der Waals surface area (Å²) in [5.74, 6) is 0.0720. The summed E-state index contributed by atoms with van der Waals surface area (Å²) in [6, 6.07) is 11.5. The summed E-state index contributed by atoms with van der Waals surface area (Å²) in [4.78, 5) is 11.9. The van der Waals surface area contributed by atoms with Gasteiger partial charge in [0.05, 0.1) is 5.69 Å². The molecule has 1 amide bonds. The molecule has 0 bridgehead atoms. The van der Waals surface area contributed by atoms with Gasteiger partial charge in [-0.2, -0.15) is 0 Å². The van der Waals surface area contributed by atoms with Gasteiger partial charge in [0.15, 0.2) is 6.61 Å². The lowest BCUT2D eigenvalue weighted by atomic mass is 10.0. The van der Waals surface area contributed by atoms with Crippen molar-refractivity contribution in [2.45, 2.75) is 12.8 Å². The molecule has 1 heterocycles. The van der Waals surface area contributed by atoms with Crippen LogP contribution in [0.2, 0.25) is 0 Å². The van der Waals surface area contributed by atoms with Gasteiger partial charge in [-0.15, -0.1) is 0 Å². The number of amides is 1. The standard InChI is InChI=1S/C17H17FN2O2/c18-13-6-8-14(9-7-13)20-16(21)11-22-15-5-1-3-12-4-2-10-19-17(12)15/h1,3,5-9,19H,2,4,10-11H2,(H,20,21). The van der Waals surface area contributed by atoms with Crippen molar-refractivity contribution in [1.82, 2.24) is 0 Å².